The highest BCUT2D eigenvalue weighted by molar-refractivity contribution is 14.1. The molecule has 0 aromatic heterocycles. The standard InChI is InChI=1S/C16H24INO/c1-11-8-7-9-12(13(11)17)14(19)18-16(5,6)10-15(2,3)4/h7-9H,10H2,1-6H3,(H,18,19). The number of hydrogen-bond acceptors (Lipinski definition) is 1. The van der Waals surface area contributed by atoms with Gasteiger partial charge in [-0.15, -0.1) is 0 Å². The first-order chi connectivity index (χ1) is 8.52. The fraction of sp³-hybridized carbons (Fsp3) is 0.562. The summed E-state index contributed by atoms with van der Waals surface area (Å²) in [5.41, 5.74) is 1.89. The smallest absolute Gasteiger partial charge is 0.252 e. The van der Waals surface area contributed by atoms with Crippen LogP contribution in [-0.4, -0.2) is 11.4 Å². The molecule has 0 unspecified atom stereocenters. The predicted octanol–water partition coefficient (Wildman–Crippen LogP) is 4.54. The average Bonchev–Trinajstić information content (AvgIpc) is 2.17. The number of amides is 1. The molecule has 0 aliphatic rings. The summed E-state index contributed by atoms with van der Waals surface area (Å²) in [6, 6.07) is 5.85. The third-order valence-corrected chi connectivity index (χ3v) is 4.29. The summed E-state index contributed by atoms with van der Waals surface area (Å²) < 4.78 is 1.03. The molecule has 106 valence electrons. The largest absolute Gasteiger partial charge is 0.347 e. The fourth-order valence-corrected chi connectivity index (χ4v) is 3.17. The van der Waals surface area contributed by atoms with Gasteiger partial charge in [-0.2, -0.15) is 0 Å². The summed E-state index contributed by atoms with van der Waals surface area (Å²) in [7, 11) is 0. The van der Waals surface area contributed by atoms with Crippen molar-refractivity contribution >= 4 is 28.5 Å². The third kappa shape index (κ3) is 5.13. The van der Waals surface area contributed by atoms with Gasteiger partial charge in [-0.1, -0.05) is 32.9 Å². The number of rotatable bonds is 3. The highest BCUT2D eigenvalue weighted by Gasteiger charge is 2.27. The van der Waals surface area contributed by atoms with E-state index in [9.17, 15) is 4.79 Å². The molecule has 0 fully saturated rings. The lowest BCUT2D eigenvalue weighted by Crippen LogP contribution is -2.46. The molecule has 0 radical (unpaired) electrons. The van der Waals surface area contributed by atoms with Crippen molar-refractivity contribution in [3.05, 3.63) is 32.9 Å². The second kappa shape index (κ2) is 5.81. The van der Waals surface area contributed by atoms with Crippen LogP contribution in [-0.2, 0) is 0 Å². The van der Waals surface area contributed by atoms with Crippen LogP contribution >= 0.6 is 22.6 Å². The molecule has 1 rings (SSSR count). The van der Waals surface area contributed by atoms with Gasteiger partial charge in [-0.05, 0) is 66.8 Å². The van der Waals surface area contributed by atoms with Crippen molar-refractivity contribution in [2.45, 2.75) is 53.5 Å². The van der Waals surface area contributed by atoms with E-state index in [1.807, 2.05) is 25.1 Å². The third-order valence-electron chi connectivity index (χ3n) is 2.86. The maximum Gasteiger partial charge on any atom is 0.252 e. The van der Waals surface area contributed by atoms with Crippen LogP contribution in [0.2, 0.25) is 0 Å². The molecule has 0 aliphatic heterocycles. The molecule has 0 saturated carbocycles. The number of benzene rings is 1. The van der Waals surface area contributed by atoms with Crippen LogP contribution in [0.5, 0.6) is 0 Å². The van der Waals surface area contributed by atoms with E-state index >= 15 is 0 Å². The lowest BCUT2D eigenvalue weighted by molar-refractivity contribution is 0.0890. The molecule has 0 atom stereocenters. The SMILES string of the molecule is Cc1cccc(C(=O)NC(C)(C)CC(C)(C)C)c1I. The Balaban J connectivity index is 2.88. The maximum absolute atomic E-state index is 12.4. The van der Waals surface area contributed by atoms with Gasteiger partial charge < -0.3 is 5.32 Å². The topological polar surface area (TPSA) is 29.1 Å². The minimum atomic E-state index is -0.206. The summed E-state index contributed by atoms with van der Waals surface area (Å²) in [6.45, 7) is 12.8. The van der Waals surface area contributed by atoms with Gasteiger partial charge in [-0.25, -0.2) is 0 Å². The Morgan fingerprint density at radius 2 is 1.79 bits per heavy atom. The van der Waals surface area contributed by atoms with Crippen molar-refractivity contribution in [1.29, 1.82) is 0 Å². The summed E-state index contributed by atoms with van der Waals surface area (Å²) >= 11 is 2.24. The van der Waals surface area contributed by atoms with Gasteiger partial charge in [0, 0.05) is 9.11 Å². The van der Waals surface area contributed by atoms with Crippen molar-refractivity contribution in [2.75, 3.05) is 0 Å². The van der Waals surface area contributed by atoms with E-state index in [1.165, 1.54) is 0 Å². The molecule has 1 amide bonds. The van der Waals surface area contributed by atoms with Crippen LogP contribution < -0.4 is 5.32 Å². The van der Waals surface area contributed by atoms with Crippen LogP contribution in [0.15, 0.2) is 18.2 Å². The Hall–Kier alpha value is -0.580. The number of aryl methyl sites for hydroxylation is 1. The van der Waals surface area contributed by atoms with Crippen LogP contribution in [0.1, 0.15) is 57.0 Å². The summed E-state index contributed by atoms with van der Waals surface area (Å²) in [5, 5.41) is 3.15. The van der Waals surface area contributed by atoms with Gasteiger partial charge in [0.1, 0.15) is 0 Å². The number of carbonyl (C=O) groups is 1. The maximum atomic E-state index is 12.4. The van der Waals surface area contributed by atoms with Crippen LogP contribution in [0.4, 0.5) is 0 Å². The molecule has 0 aliphatic carbocycles. The lowest BCUT2D eigenvalue weighted by atomic mass is 9.81. The number of halogens is 1. The van der Waals surface area contributed by atoms with Gasteiger partial charge >= 0.3 is 0 Å². The first kappa shape index (κ1) is 16.5. The Bertz CT molecular complexity index is 472. The van der Waals surface area contributed by atoms with Crippen LogP contribution in [0, 0.1) is 15.9 Å². The van der Waals surface area contributed by atoms with Crippen LogP contribution in [0.25, 0.3) is 0 Å². The predicted molar refractivity (Wildman–Crippen MR) is 89.5 cm³/mol. The molecule has 0 bridgehead atoms. The van der Waals surface area contributed by atoms with E-state index in [1.54, 1.807) is 0 Å². The monoisotopic (exact) mass is 373 g/mol. The van der Waals surface area contributed by atoms with Crippen molar-refractivity contribution in [3.8, 4) is 0 Å². The van der Waals surface area contributed by atoms with E-state index in [2.05, 4.69) is 62.5 Å². The van der Waals surface area contributed by atoms with Crippen molar-refractivity contribution in [3.63, 3.8) is 0 Å². The Kier molecular flexibility index (Phi) is 5.04. The zero-order valence-electron chi connectivity index (χ0n) is 12.7. The Morgan fingerprint density at radius 1 is 1.21 bits per heavy atom. The second-order valence-corrected chi connectivity index (χ2v) is 8.09. The van der Waals surface area contributed by atoms with Crippen LogP contribution in [0.3, 0.4) is 0 Å². The average molecular weight is 373 g/mol. The first-order valence-corrected chi connectivity index (χ1v) is 7.67. The quantitative estimate of drug-likeness (QED) is 0.775. The van der Waals surface area contributed by atoms with E-state index in [0.717, 1.165) is 21.1 Å². The highest BCUT2D eigenvalue weighted by atomic mass is 127. The van der Waals surface area contributed by atoms with Gasteiger partial charge in [0.15, 0.2) is 0 Å². The molecule has 1 N–H and O–H groups in total. The highest BCUT2D eigenvalue weighted by Crippen LogP contribution is 2.27. The molecular weight excluding hydrogens is 349 g/mol. The first-order valence-electron chi connectivity index (χ1n) is 6.59. The van der Waals surface area contributed by atoms with E-state index in [0.29, 0.717) is 0 Å². The Morgan fingerprint density at radius 3 is 2.32 bits per heavy atom. The van der Waals surface area contributed by atoms with Crippen molar-refractivity contribution in [2.24, 2.45) is 5.41 Å². The molecular formula is C16H24INO. The van der Waals surface area contributed by atoms with Crippen molar-refractivity contribution < 1.29 is 4.79 Å². The second-order valence-electron chi connectivity index (χ2n) is 7.01. The normalized spacial score (nSPS) is 12.4. The summed E-state index contributed by atoms with van der Waals surface area (Å²) in [4.78, 5) is 12.4. The van der Waals surface area contributed by atoms with Gasteiger partial charge in [0.2, 0.25) is 0 Å². The number of carbonyl (C=O) groups excluding carboxylic acids is 1. The molecule has 19 heavy (non-hydrogen) atoms. The van der Waals surface area contributed by atoms with Gasteiger partial charge in [0.25, 0.3) is 5.91 Å². The summed E-state index contributed by atoms with van der Waals surface area (Å²) in [5.74, 6) is 0.0161. The number of hydrogen-bond donors (Lipinski definition) is 1. The zero-order valence-corrected chi connectivity index (χ0v) is 14.9. The van der Waals surface area contributed by atoms with E-state index < -0.39 is 0 Å². The minimum absolute atomic E-state index is 0.0161. The molecule has 0 saturated heterocycles. The van der Waals surface area contributed by atoms with Crippen molar-refractivity contribution in [1.82, 2.24) is 5.32 Å². The van der Waals surface area contributed by atoms with Gasteiger partial charge in [0.05, 0.1) is 5.56 Å². The minimum Gasteiger partial charge on any atom is -0.347 e. The molecule has 0 heterocycles. The molecule has 1 aromatic carbocycles. The Labute approximate surface area is 130 Å². The van der Waals surface area contributed by atoms with E-state index in [-0.39, 0.29) is 16.9 Å². The van der Waals surface area contributed by atoms with Gasteiger partial charge in [-0.3, -0.25) is 4.79 Å². The van der Waals surface area contributed by atoms with E-state index in [4.69, 9.17) is 0 Å². The molecule has 3 heteroatoms. The number of nitrogens with one attached hydrogen (secondary N) is 1. The zero-order chi connectivity index (χ0) is 14.8. The molecule has 0 spiro atoms. The summed E-state index contributed by atoms with van der Waals surface area (Å²) in [6.07, 6.45) is 0.939. The fourth-order valence-electron chi connectivity index (χ4n) is 2.57. The molecule has 1 aromatic rings. The molecule has 2 nitrogen and oxygen atoms in total. The lowest BCUT2D eigenvalue weighted by Gasteiger charge is -2.33.